The summed E-state index contributed by atoms with van der Waals surface area (Å²) in [6.45, 7) is 11.0. The molecular formula is C14H29NO2. The highest BCUT2D eigenvalue weighted by atomic mass is 16.4. The van der Waals surface area contributed by atoms with Crippen LogP contribution in [0.5, 0.6) is 0 Å². The molecule has 102 valence electrons. The molecule has 0 amide bonds. The van der Waals surface area contributed by atoms with Crippen LogP contribution in [0.15, 0.2) is 0 Å². The van der Waals surface area contributed by atoms with Gasteiger partial charge in [-0.15, -0.1) is 0 Å². The van der Waals surface area contributed by atoms with Crippen molar-refractivity contribution in [2.75, 3.05) is 6.54 Å². The molecule has 0 saturated heterocycles. The third kappa shape index (κ3) is 7.37. The first kappa shape index (κ1) is 16.4. The molecule has 0 radical (unpaired) electrons. The highest BCUT2D eigenvalue weighted by Gasteiger charge is 2.32. The van der Waals surface area contributed by atoms with Crippen molar-refractivity contribution in [3.8, 4) is 0 Å². The molecule has 1 atom stereocenters. The first-order chi connectivity index (χ1) is 7.71. The second-order valence-corrected chi connectivity index (χ2v) is 6.36. The summed E-state index contributed by atoms with van der Waals surface area (Å²) in [6.07, 6.45) is 5.18. The number of nitrogens with one attached hydrogen (secondary N) is 1. The summed E-state index contributed by atoms with van der Waals surface area (Å²) in [7, 11) is 0. The number of carboxylic acid groups (broad SMARTS) is 1. The number of unbranched alkanes of at least 4 members (excludes halogenated alkanes) is 3. The fourth-order valence-corrected chi connectivity index (χ4v) is 1.64. The van der Waals surface area contributed by atoms with E-state index in [2.05, 4.69) is 33.0 Å². The lowest BCUT2D eigenvalue weighted by Crippen LogP contribution is -2.52. The van der Waals surface area contributed by atoms with Crippen LogP contribution in [-0.2, 0) is 4.79 Å². The number of carboxylic acids is 1. The third-order valence-electron chi connectivity index (χ3n) is 3.01. The van der Waals surface area contributed by atoms with Gasteiger partial charge in [-0.25, -0.2) is 0 Å². The maximum atomic E-state index is 11.3. The molecule has 0 aromatic carbocycles. The number of rotatable bonds is 8. The van der Waals surface area contributed by atoms with Gasteiger partial charge >= 0.3 is 5.97 Å². The topological polar surface area (TPSA) is 49.3 Å². The van der Waals surface area contributed by atoms with Crippen LogP contribution < -0.4 is 5.32 Å². The zero-order valence-corrected chi connectivity index (χ0v) is 12.1. The minimum atomic E-state index is -0.777. The molecule has 0 aliphatic carbocycles. The molecule has 2 N–H and O–H groups in total. The van der Waals surface area contributed by atoms with Gasteiger partial charge in [-0.3, -0.25) is 4.79 Å². The van der Waals surface area contributed by atoms with Gasteiger partial charge in [0.05, 0.1) is 0 Å². The van der Waals surface area contributed by atoms with Crippen molar-refractivity contribution in [1.82, 2.24) is 5.32 Å². The van der Waals surface area contributed by atoms with Crippen LogP contribution in [0.2, 0.25) is 0 Å². The Balaban J connectivity index is 4.22. The van der Waals surface area contributed by atoms with Crippen molar-refractivity contribution in [3.63, 3.8) is 0 Å². The average Bonchev–Trinajstić information content (AvgIpc) is 2.20. The van der Waals surface area contributed by atoms with E-state index in [1.165, 1.54) is 12.8 Å². The van der Waals surface area contributed by atoms with Crippen LogP contribution in [0.25, 0.3) is 0 Å². The lowest BCUT2D eigenvalue weighted by molar-refractivity contribution is -0.144. The Hall–Kier alpha value is -0.570. The van der Waals surface area contributed by atoms with Gasteiger partial charge in [-0.05, 0) is 18.8 Å². The van der Waals surface area contributed by atoms with E-state index < -0.39 is 11.5 Å². The first-order valence-electron chi connectivity index (χ1n) is 6.70. The van der Waals surface area contributed by atoms with Crippen molar-refractivity contribution in [3.05, 3.63) is 0 Å². The maximum absolute atomic E-state index is 11.3. The molecule has 0 heterocycles. The van der Waals surface area contributed by atoms with Gasteiger partial charge in [0.25, 0.3) is 0 Å². The molecule has 0 fully saturated rings. The van der Waals surface area contributed by atoms with Crippen molar-refractivity contribution < 1.29 is 9.90 Å². The fraction of sp³-hybridized carbons (Fsp3) is 0.929. The SMILES string of the molecule is CCCCCCC(C)(NCC(C)(C)C)C(=O)O. The molecule has 17 heavy (non-hydrogen) atoms. The smallest absolute Gasteiger partial charge is 0.323 e. The Morgan fingerprint density at radius 3 is 2.12 bits per heavy atom. The summed E-state index contributed by atoms with van der Waals surface area (Å²) in [4.78, 5) is 11.3. The molecule has 0 aromatic heterocycles. The molecule has 0 spiro atoms. The second kappa shape index (κ2) is 7.00. The summed E-state index contributed by atoms with van der Waals surface area (Å²) in [5, 5.41) is 12.5. The van der Waals surface area contributed by atoms with Crippen molar-refractivity contribution >= 4 is 5.97 Å². The monoisotopic (exact) mass is 243 g/mol. The maximum Gasteiger partial charge on any atom is 0.323 e. The predicted octanol–water partition coefficient (Wildman–Crippen LogP) is 3.44. The third-order valence-corrected chi connectivity index (χ3v) is 3.01. The molecule has 0 bridgehead atoms. The lowest BCUT2D eigenvalue weighted by Gasteiger charge is -2.30. The van der Waals surface area contributed by atoms with Gasteiger partial charge in [-0.2, -0.15) is 0 Å². The quantitative estimate of drug-likeness (QED) is 0.642. The van der Waals surface area contributed by atoms with Crippen LogP contribution in [-0.4, -0.2) is 23.2 Å². The van der Waals surface area contributed by atoms with Crippen molar-refractivity contribution in [1.29, 1.82) is 0 Å². The van der Waals surface area contributed by atoms with E-state index in [1.54, 1.807) is 6.92 Å². The Morgan fingerprint density at radius 1 is 1.12 bits per heavy atom. The first-order valence-corrected chi connectivity index (χ1v) is 6.70. The number of hydrogen-bond donors (Lipinski definition) is 2. The highest BCUT2D eigenvalue weighted by molar-refractivity contribution is 5.78. The molecule has 0 aromatic rings. The number of hydrogen-bond acceptors (Lipinski definition) is 2. The summed E-state index contributed by atoms with van der Waals surface area (Å²) in [5.74, 6) is -0.738. The molecule has 3 nitrogen and oxygen atoms in total. The van der Waals surface area contributed by atoms with E-state index in [0.29, 0.717) is 6.42 Å². The molecular weight excluding hydrogens is 214 g/mol. The van der Waals surface area contributed by atoms with E-state index in [0.717, 1.165) is 19.4 Å². The van der Waals surface area contributed by atoms with Gasteiger partial charge in [0.2, 0.25) is 0 Å². The molecule has 0 rings (SSSR count). The van der Waals surface area contributed by atoms with E-state index in [-0.39, 0.29) is 5.41 Å². The zero-order valence-electron chi connectivity index (χ0n) is 12.1. The molecule has 0 aliphatic heterocycles. The average molecular weight is 243 g/mol. The van der Waals surface area contributed by atoms with Crippen molar-refractivity contribution in [2.24, 2.45) is 5.41 Å². The lowest BCUT2D eigenvalue weighted by atomic mass is 9.90. The Kier molecular flexibility index (Phi) is 6.76. The highest BCUT2D eigenvalue weighted by Crippen LogP contribution is 2.19. The molecule has 0 aliphatic rings. The summed E-state index contributed by atoms with van der Waals surface area (Å²) in [6, 6.07) is 0. The van der Waals surface area contributed by atoms with Gasteiger partial charge in [-0.1, -0.05) is 53.4 Å². The number of carbonyl (C=O) groups is 1. The van der Waals surface area contributed by atoms with Crippen molar-refractivity contribution in [2.45, 2.75) is 72.3 Å². The van der Waals surface area contributed by atoms with E-state index in [4.69, 9.17) is 0 Å². The van der Waals surface area contributed by atoms with Gasteiger partial charge in [0.1, 0.15) is 5.54 Å². The summed E-state index contributed by atoms with van der Waals surface area (Å²) in [5.41, 5.74) is -0.666. The predicted molar refractivity (Wildman–Crippen MR) is 72.3 cm³/mol. The van der Waals surface area contributed by atoms with Crippen LogP contribution in [0.3, 0.4) is 0 Å². The van der Waals surface area contributed by atoms with E-state index >= 15 is 0 Å². The fourth-order valence-electron chi connectivity index (χ4n) is 1.64. The largest absolute Gasteiger partial charge is 0.480 e. The summed E-state index contributed by atoms with van der Waals surface area (Å²) >= 11 is 0. The van der Waals surface area contributed by atoms with Gasteiger partial charge in [0, 0.05) is 6.54 Å². The van der Waals surface area contributed by atoms with Crippen LogP contribution in [0.1, 0.15) is 66.7 Å². The number of aliphatic carboxylic acids is 1. The van der Waals surface area contributed by atoms with Crippen LogP contribution in [0.4, 0.5) is 0 Å². The minimum absolute atomic E-state index is 0.111. The Labute approximate surface area is 106 Å². The Morgan fingerprint density at radius 2 is 1.71 bits per heavy atom. The van der Waals surface area contributed by atoms with Crippen LogP contribution in [0, 0.1) is 5.41 Å². The molecule has 3 heteroatoms. The van der Waals surface area contributed by atoms with Gasteiger partial charge < -0.3 is 10.4 Å². The van der Waals surface area contributed by atoms with E-state index in [1.807, 2.05) is 0 Å². The zero-order chi connectivity index (χ0) is 13.5. The van der Waals surface area contributed by atoms with Crippen LogP contribution >= 0.6 is 0 Å². The normalized spacial score (nSPS) is 15.6. The van der Waals surface area contributed by atoms with Gasteiger partial charge in [0.15, 0.2) is 0 Å². The molecule has 0 saturated carbocycles. The van der Waals surface area contributed by atoms with E-state index in [9.17, 15) is 9.90 Å². The summed E-state index contributed by atoms with van der Waals surface area (Å²) < 4.78 is 0. The standard InChI is InChI=1S/C14H29NO2/c1-6-7-8-9-10-14(5,12(16)17)15-11-13(2,3)4/h15H,6-11H2,1-5H3,(H,16,17). The molecule has 1 unspecified atom stereocenters. The minimum Gasteiger partial charge on any atom is -0.480 e. The Bertz CT molecular complexity index is 233. The second-order valence-electron chi connectivity index (χ2n) is 6.36.